The zero-order valence-electron chi connectivity index (χ0n) is 15.8. The van der Waals surface area contributed by atoms with Crippen molar-refractivity contribution in [2.45, 2.75) is 19.1 Å². The van der Waals surface area contributed by atoms with Gasteiger partial charge in [-0.05, 0) is 24.3 Å². The normalized spacial score (nSPS) is 18.1. The first-order valence-electron chi connectivity index (χ1n) is 9.24. The van der Waals surface area contributed by atoms with Gasteiger partial charge in [-0.3, -0.25) is 4.79 Å². The average Bonchev–Trinajstić information content (AvgIpc) is 2.99. The Bertz CT molecular complexity index is 1230. The number of ether oxygens (including phenoxy) is 3. The lowest BCUT2D eigenvalue weighted by atomic mass is 9.76. The number of phenols is 2. The SMILES string of the molecule is CC(=O)OCc1cc(O)cc2c1C1(OC(=O)c3ccccc31)c1ccc(O)cc1O2. The lowest BCUT2D eigenvalue weighted by Gasteiger charge is -2.37. The summed E-state index contributed by atoms with van der Waals surface area (Å²) in [5.74, 6) is -0.607. The second-order valence-electron chi connectivity index (χ2n) is 7.16. The number of carbonyl (C=O) groups is 2. The van der Waals surface area contributed by atoms with E-state index in [4.69, 9.17) is 14.2 Å². The molecule has 0 radical (unpaired) electrons. The molecule has 5 rings (SSSR count). The highest BCUT2D eigenvalue weighted by Gasteiger charge is 2.54. The van der Waals surface area contributed by atoms with Crippen molar-refractivity contribution in [1.82, 2.24) is 0 Å². The van der Waals surface area contributed by atoms with Gasteiger partial charge in [0.1, 0.15) is 29.6 Å². The lowest BCUT2D eigenvalue weighted by molar-refractivity contribution is -0.142. The third-order valence-electron chi connectivity index (χ3n) is 5.29. The van der Waals surface area contributed by atoms with E-state index >= 15 is 0 Å². The fourth-order valence-corrected chi connectivity index (χ4v) is 4.17. The second-order valence-corrected chi connectivity index (χ2v) is 7.16. The molecule has 1 unspecified atom stereocenters. The highest BCUT2D eigenvalue weighted by atomic mass is 16.6. The van der Waals surface area contributed by atoms with E-state index < -0.39 is 17.5 Å². The summed E-state index contributed by atoms with van der Waals surface area (Å²) in [4.78, 5) is 24.3. The maximum atomic E-state index is 12.8. The van der Waals surface area contributed by atoms with Crippen LogP contribution >= 0.6 is 0 Å². The van der Waals surface area contributed by atoms with Crippen molar-refractivity contribution in [3.63, 3.8) is 0 Å². The van der Waals surface area contributed by atoms with Crippen molar-refractivity contribution < 1.29 is 34.0 Å². The summed E-state index contributed by atoms with van der Waals surface area (Å²) in [6, 6.07) is 14.4. The number of rotatable bonds is 2. The Kier molecular flexibility index (Phi) is 3.76. The van der Waals surface area contributed by atoms with Crippen molar-refractivity contribution >= 4 is 11.9 Å². The Morgan fingerprint density at radius 1 is 1.00 bits per heavy atom. The highest BCUT2D eigenvalue weighted by molar-refractivity contribution is 5.97. The molecule has 7 nitrogen and oxygen atoms in total. The molecule has 0 aliphatic carbocycles. The summed E-state index contributed by atoms with van der Waals surface area (Å²) in [5, 5.41) is 20.2. The maximum absolute atomic E-state index is 12.8. The van der Waals surface area contributed by atoms with Crippen LogP contribution in [0.1, 0.15) is 39.5 Å². The first kappa shape index (κ1) is 18.1. The minimum Gasteiger partial charge on any atom is -0.508 e. The summed E-state index contributed by atoms with van der Waals surface area (Å²) in [6.45, 7) is 1.13. The standard InChI is InChI=1S/C23H16O7/c1-12(24)28-11-13-8-15(26)10-20-21(13)23(18-7-6-14(25)9-19(18)29-20)17-5-3-2-4-16(17)22(27)30-23/h2-10,25-26H,11H2,1H3. The van der Waals surface area contributed by atoms with Gasteiger partial charge >= 0.3 is 11.9 Å². The predicted octanol–water partition coefficient (Wildman–Crippen LogP) is 3.73. The van der Waals surface area contributed by atoms with E-state index in [0.29, 0.717) is 27.8 Å². The molecule has 3 aromatic carbocycles. The lowest BCUT2D eigenvalue weighted by Crippen LogP contribution is -2.34. The van der Waals surface area contributed by atoms with E-state index in [-0.39, 0.29) is 29.6 Å². The van der Waals surface area contributed by atoms with Crippen LogP contribution in [-0.2, 0) is 26.5 Å². The Labute approximate surface area is 171 Å². The quantitative estimate of drug-likeness (QED) is 0.628. The van der Waals surface area contributed by atoms with E-state index in [1.54, 1.807) is 30.3 Å². The second kappa shape index (κ2) is 6.25. The van der Waals surface area contributed by atoms with Gasteiger partial charge in [-0.2, -0.15) is 0 Å². The number of fused-ring (bicyclic) bond motifs is 6. The first-order chi connectivity index (χ1) is 14.4. The van der Waals surface area contributed by atoms with Gasteiger partial charge in [0.05, 0.1) is 11.1 Å². The molecule has 0 bridgehead atoms. The van der Waals surface area contributed by atoms with Crippen LogP contribution in [0.3, 0.4) is 0 Å². The molecule has 2 aliphatic heterocycles. The largest absolute Gasteiger partial charge is 0.508 e. The minimum absolute atomic E-state index is 0.0229. The van der Waals surface area contributed by atoms with Gasteiger partial charge < -0.3 is 24.4 Å². The third kappa shape index (κ3) is 2.45. The predicted molar refractivity (Wildman–Crippen MR) is 103 cm³/mol. The molecule has 30 heavy (non-hydrogen) atoms. The third-order valence-corrected chi connectivity index (χ3v) is 5.29. The van der Waals surface area contributed by atoms with Crippen molar-refractivity contribution in [2.24, 2.45) is 0 Å². The van der Waals surface area contributed by atoms with Crippen LogP contribution < -0.4 is 4.74 Å². The van der Waals surface area contributed by atoms with Gasteiger partial charge in [0.2, 0.25) is 0 Å². The number of hydrogen-bond donors (Lipinski definition) is 2. The van der Waals surface area contributed by atoms with Crippen LogP contribution in [0, 0.1) is 0 Å². The average molecular weight is 404 g/mol. The molecule has 0 amide bonds. The van der Waals surface area contributed by atoms with Crippen LogP contribution in [0.25, 0.3) is 0 Å². The molecule has 1 atom stereocenters. The van der Waals surface area contributed by atoms with Crippen molar-refractivity contribution in [3.05, 3.63) is 82.4 Å². The van der Waals surface area contributed by atoms with Gasteiger partial charge in [-0.1, -0.05) is 18.2 Å². The molecule has 2 heterocycles. The van der Waals surface area contributed by atoms with Gasteiger partial charge in [-0.15, -0.1) is 0 Å². The van der Waals surface area contributed by atoms with E-state index in [9.17, 15) is 19.8 Å². The molecule has 150 valence electrons. The van der Waals surface area contributed by atoms with E-state index in [0.717, 1.165) is 0 Å². The summed E-state index contributed by atoms with van der Waals surface area (Å²) in [7, 11) is 0. The summed E-state index contributed by atoms with van der Waals surface area (Å²) in [6.07, 6.45) is 0. The van der Waals surface area contributed by atoms with Gasteiger partial charge in [0, 0.05) is 35.7 Å². The zero-order valence-corrected chi connectivity index (χ0v) is 15.8. The van der Waals surface area contributed by atoms with Gasteiger partial charge in [0.15, 0.2) is 5.60 Å². The smallest absolute Gasteiger partial charge is 0.340 e. The van der Waals surface area contributed by atoms with Crippen LogP contribution in [0.4, 0.5) is 0 Å². The first-order valence-corrected chi connectivity index (χ1v) is 9.24. The maximum Gasteiger partial charge on any atom is 0.340 e. The number of benzene rings is 3. The molecule has 0 saturated carbocycles. The Morgan fingerprint density at radius 2 is 1.77 bits per heavy atom. The molecular weight excluding hydrogens is 388 g/mol. The molecule has 2 N–H and O–H groups in total. The molecule has 1 spiro atoms. The highest BCUT2D eigenvalue weighted by Crippen LogP contribution is 2.58. The molecule has 3 aromatic rings. The summed E-state index contributed by atoms with van der Waals surface area (Å²) >= 11 is 0. The summed E-state index contributed by atoms with van der Waals surface area (Å²) < 4.78 is 17.2. The minimum atomic E-state index is -1.38. The van der Waals surface area contributed by atoms with E-state index in [2.05, 4.69) is 0 Å². The van der Waals surface area contributed by atoms with Crippen LogP contribution in [0.2, 0.25) is 0 Å². The van der Waals surface area contributed by atoms with Gasteiger partial charge in [0.25, 0.3) is 0 Å². The van der Waals surface area contributed by atoms with Crippen molar-refractivity contribution in [1.29, 1.82) is 0 Å². The van der Waals surface area contributed by atoms with Crippen molar-refractivity contribution in [2.75, 3.05) is 0 Å². The zero-order chi connectivity index (χ0) is 21.0. The van der Waals surface area contributed by atoms with Crippen LogP contribution in [-0.4, -0.2) is 22.2 Å². The fourth-order valence-electron chi connectivity index (χ4n) is 4.17. The molecular formula is C23H16O7. The Balaban J connectivity index is 1.86. The number of phenolic OH excluding ortho intramolecular Hbond substituents is 2. The number of esters is 2. The molecule has 0 aromatic heterocycles. The molecule has 0 saturated heterocycles. The number of aromatic hydroxyl groups is 2. The molecule has 2 aliphatic rings. The Morgan fingerprint density at radius 3 is 2.57 bits per heavy atom. The van der Waals surface area contributed by atoms with Crippen molar-refractivity contribution in [3.8, 4) is 23.0 Å². The summed E-state index contributed by atoms with van der Waals surface area (Å²) in [5.41, 5.74) is 1.02. The van der Waals surface area contributed by atoms with Crippen LogP contribution in [0.15, 0.2) is 54.6 Å². The van der Waals surface area contributed by atoms with E-state index in [1.165, 1.54) is 31.2 Å². The topological polar surface area (TPSA) is 102 Å². The molecule has 7 heteroatoms. The number of carbonyl (C=O) groups excluding carboxylic acids is 2. The number of hydrogen-bond acceptors (Lipinski definition) is 7. The molecule has 0 fully saturated rings. The monoisotopic (exact) mass is 404 g/mol. The van der Waals surface area contributed by atoms with Crippen LogP contribution in [0.5, 0.6) is 23.0 Å². The fraction of sp³-hybridized carbons (Fsp3) is 0.130. The van der Waals surface area contributed by atoms with Gasteiger partial charge in [-0.25, -0.2) is 4.79 Å². The Hall–Kier alpha value is -4.00. The van der Waals surface area contributed by atoms with E-state index in [1.807, 2.05) is 0 Å².